The summed E-state index contributed by atoms with van der Waals surface area (Å²) in [5.74, 6) is 0.384. The molecule has 1 atom stereocenters. The Morgan fingerprint density at radius 2 is 1.90 bits per heavy atom. The van der Waals surface area contributed by atoms with E-state index in [1.54, 1.807) is 12.1 Å². The van der Waals surface area contributed by atoms with Crippen molar-refractivity contribution in [1.82, 2.24) is 0 Å². The minimum atomic E-state index is -0.256. The van der Waals surface area contributed by atoms with Gasteiger partial charge in [-0.2, -0.15) is 0 Å². The summed E-state index contributed by atoms with van der Waals surface area (Å²) in [6.07, 6.45) is 3.80. The zero-order valence-electron chi connectivity index (χ0n) is 11.2. The van der Waals surface area contributed by atoms with E-state index in [0.717, 1.165) is 11.1 Å². The van der Waals surface area contributed by atoms with Gasteiger partial charge in [0.05, 0.1) is 10.5 Å². The van der Waals surface area contributed by atoms with E-state index in [1.165, 1.54) is 30.9 Å². The van der Waals surface area contributed by atoms with E-state index >= 15 is 0 Å². The van der Waals surface area contributed by atoms with Crippen LogP contribution in [0.1, 0.15) is 47.9 Å². The van der Waals surface area contributed by atoms with Crippen molar-refractivity contribution in [3.63, 3.8) is 0 Å². The molecule has 0 heterocycles. The highest BCUT2D eigenvalue weighted by atomic mass is 79.9. The van der Waals surface area contributed by atoms with Crippen molar-refractivity contribution in [1.29, 1.82) is 0 Å². The third-order valence-electron chi connectivity index (χ3n) is 4.18. The lowest BCUT2D eigenvalue weighted by molar-refractivity contribution is 0.416. The molecule has 0 bridgehead atoms. The highest BCUT2D eigenvalue weighted by Crippen LogP contribution is 2.40. The Kier molecular flexibility index (Phi) is 3.90. The molecule has 1 aliphatic rings. The second kappa shape index (κ2) is 5.66. The quantitative estimate of drug-likeness (QED) is 0.848. The standard InChI is InChI=1S/C17H17BrFN/c18-15-10-12(8-9-16(15)19)17(20)14-7-2-1-6-13(14)11-4-3-5-11/h1-2,6-11,17H,3-5,20H2. The van der Waals surface area contributed by atoms with E-state index < -0.39 is 0 Å². The molecule has 3 heteroatoms. The maximum absolute atomic E-state index is 13.3. The summed E-state index contributed by atoms with van der Waals surface area (Å²) in [4.78, 5) is 0. The van der Waals surface area contributed by atoms with Gasteiger partial charge >= 0.3 is 0 Å². The molecule has 0 spiro atoms. The van der Waals surface area contributed by atoms with Gasteiger partial charge in [-0.1, -0.05) is 36.8 Å². The van der Waals surface area contributed by atoms with E-state index in [2.05, 4.69) is 34.1 Å². The first-order chi connectivity index (χ1) is 9.66. The van der Waals surface area contributed by atoms with Crippen molar-refractivity contribution in [2.75, 3.05) is 0 Å². The molecule has 104 valence electrons. The van der Waals surface area contributed by atoms with Gasteiger partial charge in [0.2, 0.25) is 0 Å². The fourth-order valence-corrected chi connectivity index (χ4v) is 3.17. The summed E-state index contributed by atoms with van der Waals surface area (Å²) < 4.78 is 13.8. The van der Waals surface area contributed by atoms with Crippen molar-refractivity contribution in [2.45, 2.75) is 31.2 Å². The van der Waals surface area contributed by atoms with E-state index in [9.17, 15) is 4.39 Å². The smallest absolute Gasteiger partial charge is 0.137 e. The molecule has 2 aromatic rings. The van der Waals surface area contributed by atoms with E-state index in [-0.39, 0.29) is 11.9 Å². The van der Waals surface area contributed by atoms with Gasteiger partial charge in [0.1, 0.15) is 5.82 Å². The molecule has 1 nitrogen and oxygen atoms in total. The predicted octanol–water partition coefficient (Wildman–Crippen LogP) is 4.90. The van der Waals surface area contributed by atoms with Gasteiger partial charge in [0.15, 0.2) is 0 Å². The Morgan fingerprint density at radius 3 is 2.55 bits per heavy atom. The van der Waals surface area contributed by atoms with Gasteiger partial charge in [-0.3, -0.25) is 0 Å². The summed E-state index contributed by atoms with van der Waals surface area (Å²) in [6, 6.07) is 13.2. The molecule has 1 saturated carbocycles. The zero-order chi connectivity index (χ0) is 14.1. The zero-order valence-corrected chi connectivity index (χ0v) is 12.7. The summed E-state index contributed by atoms with van der Waals surface area (Å²) in [5.41, 5.74) is 9.86. The van der Waals surface area contributed by atoms with Crippen molar-refractivity contribution < 1.29 is 4.39 Å². The lowest BCUT2D eigenvalue weighted by Gasteiger charge is -2.29. The average Bonchev–Trinajstić information content (AvgIpc) is 2.40. The molecule has 1 aliphatic carbocycles. The van der Waals surface area contributed by atoms with Crippen LogP contribution >= 0.6 is 15.9 Å². The normalized spacial score (nSPS) is 16.8. The molecule has 2 aromatic carbocycles. The number of nitrogens with two attached hydrogens (primary N) is 1. The minimum Gasteiger partial charge on any atom is -0.320 e. The fourth-order valence-electron chi connectivity index (χ4n) is 2.77. The van der Waals surface area contributed by atoms with E-state index in [4.69, 9.17) is 5.73 Å². The molecule has 0 amide bonds. The monoisotopic (exact) mass is 333 g/mol. The lowest BCUT2D eigenvalue weighted by atomic mass is 9.76. The highest BCUT2D eigenvalue weighted by Gasteiger charge is 2.24. The number of hydrogen-bond acceptors (Lipinski definition) is 1. The molecule has 1 unspecified atom stereocenters. The minimum absolute atomic E-state index is 0.205. The Morgan fingerprint density at radius 1 is 1.15 bits per heavy atom. The summed E-state index contributed by atoms with van der Waals surface area (Å²) in [7, 11) is 0. The maximum atomic E-state index is 13.3. The summed E-state index contributed by atoms with van der Waals surface area (Å²) in [6.45, 7) is 0. The fraction of sp³-hybridized carbons (Fsp3) is 0.294. The van der Waals surface area contributed by atoms with Gasteiger partial charge in [0, 0.05) is 0 Å². The van der Waals surface area contributed by atoms with Crippen molar-refractivity contribution in [3.8, 4) is 0 Å². The van der Waals surface area contributed by atoms with Crippen LogP contribution < -0.4 is 5.73 Å². The Hall–Kier alpha value is -1.19. The Labute approximate surface area is 127 Å². The first kappa shape index (κ1) is 13.8. The van der Waals surface area contributed by atoms with Gasteiger partial charge in [-0.15, -0.1) is 0 Å². The van der Waals surface area contributed by atoms with Crippen LogP contribution in [0.3, 0.4) is 0 Å². The predicted molar refractivity (Wildman–Crippen MR) is 83.2 cm³/mol. The van der Waals surface area contributed by atoms with Crippen molar-refractivity contribution >= 4 is 15.9 Å². The van der Waals surface area contributed by atoms with Crippen LogP contribution in [-0.2, 0) is 0 Å². The van der Waals surface area contributed by atoms with Crippen LogP contribution in [0.15, 0.2) is 46.9 Å². The first-order valence-electron chi connectivity index (χ1n) is 6.96. The molecule has 3 rings (SSSR count). The Balaban J connectivity index is 1.97. The maximum Gasteiger partial charge on any atom is 0.137 e. The molecular formula is C17H17BrFN. The average molecular weight is 334 g/mol. The SMILES string of the molecule is NC(c1ccc(F)c(Br)c1)c1ccccc1C1CCC1. The van der Waals surface area contributed by atoms with Crippen LogP contribution in [0.5, 0.6) is 0 Å². The van der Waals surface area contributed by atoms with Crippen LogP contribution in [0.2, 0.25) is 0 Å². The Bertz CT molecular complexity index is 622. The molecule has 0 radical (unpaired) electrons. The van der Waals surface area contributed by atoms with Crippen LogP contribution in [-0.4, -0.2) is 0 Å². The van der Waals surface area contributed by atoms with E-state index in [1.807, 2.05) is 6.07 Å². The van der Waals surface area contributed by atoms with Crippen molar-refractivity contribution in [3.05, 3.63) is 69.4 Å². The van der Waals surface area contributed by atoms with Gasteiger partial charge in [-0.05, 0) is 63.5 Å². The van der Waals surface area contributed by atoms with Crippen LogP contribution in [0.25, 0.3) is 0 Å². The molecule has 1 fully saturated rings. The number of benzene rings is 2. The third-order valence-corrected chi connectivity index (χ3v) is 4.79. The summed E-state index contributed by atoms with van der Waals surface area (Å²) >= 11 is 3.23. The number of halogens is 2. The molecule has 2 N–H and O–H groups in total. The third kappa shape index (κ3) is 2.52. The summed E-state index contributed by atoms with van der Waals surface area (Å²) in [5, 5.41) is 0. The van der Waals surface area contributed by atoms with Crippen molar-refractivity contribution in [2.24, 2.45) is 5.73 Å². The van der Waals surface area contributed by atoms with Gasteiger partial charge in [0.25, 0.3) is 0 Å². The molecular weight excluding hydrogens is 317 g/mol. The first-order valence-corrected chi connectivity index (χ1v) is 7.75. The van der Waals surface area contributed by atoms with E-state index in [0.29, 0.717) is 10.4 Å². The van der Waals surface area contributed by atoms with Gasteiger partial charge in [-0.25, -0.2) is 4.39 Å². The molecule has 20 heavy (non-hydrogen) atoms. The lowest BCUT2D eigenvalue weighted by Crippen LogP contribution is -2.18. The topological polar surface area (TPSA) is 26.0 Å². The molecule has 0 saturated heterocycles. The van der Waals surface area contributed by atoms with Crippen LogP contribution in [0, 0.1) is 5.82 Å². The number of hydrogen-bond donors (Lipinski definition) is 1. The van der Waals surface area contributed by atoms with Gasteiger partial charge < -0.3 is 5.73 Å². The number of rotatable bonds is 3. The second-order valence-corrected chi connectivity index (χ2v) is 6.26. The molecule has 0 aromatic heterocycles. The molecule has 0 aliphatic heterocycles. The second-order valence-electron chi connectivity index (χ2n) is 5.41. The van der Waals surface area contributed by atoms with Crippen LogP contribution in [0.4, 0.5) is 4.39 Å². The largest absolute Gasteiger partial charge is 0.320 e. The highest BCUT2D eigenvalue weighted by molar-refractivity contribution is 9.10.